The molecule has 0 spiro atoms. The average Bonchev–Trinajstić information content (AvgIpc) is 2.67. The maximum absolute atomic E-state index is 13.1. The molecule has 0 unspecified atom stereocenters. The summed E-state index contributed by atoms with van der Waals surface area (Å²) in [4.78, 5) is 4.25. The van der Waals surface area contributed by atoms with E-state index in [0.29, 0.717) is 29.7 Å². The van der Waals surface area contributed by atoms with Gasteiger partial charge in [0.1, 0.15) is 35.1 Å². The Balaban J connectivity index is 2.09. The number of nitrogen functional groups attached to an aromatic ring is 1. The minimum absolute atomic E-state index is 0.0172. The Kier molecular flexibility index (Phi) is 5.01. The van der Waals surface area contributed by atoms with Gasteiger partial charge in [0.15, 0.2) is 0 Å². The summed E-state index contributed by atoms with van der Waals surface area (Å²) >= 11 is 0. The summed E-state index contributed by atoms with van der Waals surface area (Å²) in [6.07, 6.45) is 0.934. The van der Waals surface area contributed by atoms with Gasteiger partial charge in [0.25, 0.3) is 0 Å². The summed E-state index contributed by atoms with van der Waals surface area (Å²) in [7, 11) is 0. The Morgan fingerprint density at radius 1 is 1.00 bits per heavy atom. The van der Waals surface area contributed by atoms with Crippen molar-refractivity contribution in [1.82, 2.24) is 4.98 Å². The van der Waals surface area contributed by atoms with E-state index in [1.807, 2.05) is 6.07 Å². The summed E-state index contributed by atoms with van der Waals surface area (Å²) in [5.41, 5.74) is 8.53. The number of hydrogen-bond acceptors (Lipinski definition) is 5. The maximum atomic E-state index is 13.1. The van der Waals surface area contributed by atoms with Crippen LogP contribution in [-0.2, 0) is 12.8 Å². The topological polar surface area (TPSA) is 107 Å². The minimum atomic E-state index is -0.316. The third kappa shape index (κ3) is 3.70. The molecule has 132 valence electrons. The standard InChI is InChI=1S/C21H15FN4O/c22-15-7-4-13(5-8-15)6-9-19-17(11-23)20(18(12-24)21(25)26-19)14-2-1-3-16(27)10-14/h1-5,7-8,10,27H,6,9H2,(H2,25,26). The number of rotatable bonds is 4. The fourth-order valence-corrected chi connectivity index (χ4v) is 2.93. The number of nitrogens with zero attached hydrogens (tertiary/aromatic N) is 3. The van der Waals surface area contributed by atoms with Crippen molar-refractivity contribution < 1.29 is 9.50 Å². The molecule has 0 aliphatic rings. The first kappa shape index (κ1) is 17.9. The molecule has 1 heterocycles. The van der Waals surface area contributed by atoms with Crippen LogP contribution in [-0.4, -0.2) is 10.1 Å². The van der Waals surface area contributed by atoms with E-state index in [9.17, 15) is 20.0 Å². The van der Waals surface area contributed by atoms with Crippen LogP contribution in [0.5, 0.6) is 5.75 Å². The molecule has 2 aromatic carbocycles. The lowest BCUT2D eigenvalue weighted by atomic mass is 9.92. The highest BCUT2D eigenvalue weighted by atomic mass is 19.1. The molecular weight excluding hydrogens is 343 g/mol. The number of benzene rings is 2. The van der Waals surface area contributed by atoms with E-state index in [0.717, 1.165) is 5.56 Å². The summed E-state index contributed by atoms with van der Waals surface area (Å²) < 4.78 is 13.1. The van der Waals surface area contributed by atoms with Gasteiger partial charge in [0.05, 0.1) is 11.3 Å². The fourth-order valence-electron chi connectivity index (χ4n) is 2.93. The molecule has 0 fully saturated rings. The van der Waals surface area contributed by atoms with Crippen molar-refractivity contribution in [3.8, 4) is 29.0 Å². The van der Waals surface area contributed by atoms with Crippen molar-refractivity contribution in [1.29, 1.82) is 10.5 Å². The Bertz CT molecular complexity index is 1080. The van der Waals surface area contributed by atoms with Crippen LogP contribution in [0, 0.1) is 28.5 Å². The molecule has 1 aromatic heterocycles. The van der Waals surface area contributed by atoms with Gasteiger partial charge in [-0.2, -0.15) is 10.5 Å². The largest absolute Gasteiger partial charge is 0.508 e. The number of aromatic hydroxyl groups is 1. The molecule has 5 nitrogen and oxygen atoms in total. The second kappa shape index (κ2) is 7.55. The van der Waals surface area contributed by atoms with E-state index >= 15 is 0 Å². The van der Waals surface area contributed by atoms with Gasteiger partial charge in [-0.25, -0.2) is 9.37 Å². The zero-order chi connectivity index (χ0) is 19.4. The van der Waals surface area contributed by atoms with Crippen molar-refractivity contribution >= 4 is 5.82 Å². The van der Waals surface area contributed by atoms with Crippen LogP contribution in [0.1, 0.15) is 22.4 Å². The first-order valence-electron chi connectivity index (χ1n) is 8.20. The maximum Gasteiger partial charge on any atom is 0.142 e. The molecule has 3 rings (SSSR count). The molecule has 0 bridgehead atoms. The molecule has 3 N–H and O–H groups in total. The monoisotopic (exact) mass is 358 g/mol. The molecule has 0 atom stereocenters. The lowest BCUT2D eigenvalue weighted by Crippen LogP contribution is -2.07. The van der Waals surface area contributed by atoms with Crippen molar-refractivity contribution in [3.05, 3.63) is 76.7 Å². The number of aromatic nitrogens is 1. The molecule has 0 aliphatic carbocycles. The molecule has 6 heteroatoms. The number of hydrogen-bond donors (Lipinski definition) is 2. The molecule has 0 saturated carbocycles. The van der Waals surface area contributed by atoms with Gasteiger partial charge in [-0.05, 0) is 48.2 Å². The molecule has 0 radical (unpaired) electrons. The Labute approximate surface area is 155 Å². The van der Waals surface area contributed by atoms with Crippen molar-refractivity contribution in [2.24, 2.45) is 0 Å². The van der Waals surface area contributed by atoms with Gasteiger partial charge >= 0.3 is 0 Å². The van der Waals surface area contributed by atoms with Crippen LogP contribution in [0.25, 0.3) is 11.1 Å². The summed E-state index contributed by atoms with van der Waals surface area (Å²) in [5, 5.41) is 29.0. The highest BCUT2D eigenvalue weighted by Crippen LogP contribution is 2.33. The third-order valence-corrected chi connectivity index (χ3v) is 4.22. The lowest BCUT2D eigenvalue weighted by Gasteiger charge is -2.13. The first-order valence-corrected chi connectivity index (χ1v) is 8.20. The highest BCUT2D eigenvalue weighted by molar-refractivity contribution is 5.81. The van der Waals surface area contributed by atoms with E-state index < -0.39 is 0 Å². The second-order valence-electron chi connectivity index (χ2n) is 5.97. The second-order valence-corrected chi connectivity index (χ2v) is 5.97. The zero-order valence-electron chi connectivity index (χ0n) is 14.3. The Morgan fingerprint density at radius 2 is 1.70 bits per heavy atom. The molecule has 0 amide bonds. The van der Waals surface area contributed by atoms with Crippen molar-refractivity contribution in [2.45, 2.75) is 12.8 Å². The summed E-state index contributed by atoms with van der Waals surface area (Å²) in [6, 6.07) is 16.5. The SMILES string of the molecule is N#Cc1c(N)nc(CCc2ccc(F)cc2)c(C#N)c1-c1cccc(O)c1. The molecular formula is C21H15FN4O. The number of anilines is 1. The van der Waals surface area contributed by atoms with E-state index in [1.54, 1.807) is 24.3 Å². The molecule has 27 heavy (non-hydrogen) atoms. The van der Waals surface area contributed by atoms with E-state index in [2.05, 4.69) is 11.1 Å². The Hall–Kier alpha value is -3.90. The van der Waals surface area contributed by atoms with Gasteiger partial charge in [-0.15, -0.1) is 0 Å². The number of pyridine rings is 1. The quantitative estimate of drug-likeness (QED) is 0.739. The summed E-state index contributed by atoms with van der Waals surface area (Å²) in [5.74, 6) is -0.268. The summed E-state index contributed by atoms with van der Waals surface area (Å²) in [6.45, 7) is 0. The van der Waals surface area contributed by atoms with Crippen LogP contribution in [0.15, 0.2) is 48.5 Å². The molecule has 0 aliphatic heterocycles. The minimum Gasteiger partial charge on any atom is -0.508 e. The smallest absolute Gasteiger partial charge is 0.142 e. The van der Waals surface area contributed by atoms with Gasteiger partial charge in [-0.1, -0.05) is 24.3 Å². The number of nitrogens with two attached hydrogens (primary N) is 1. The van der Waals surface area contributed by atoms with Crippen LogP contribution in [0.2, 0.25) is 0 Å². The first-order chi connectivity index (χ1) is 13.0. The predicted molar refractivity (Wildman–Crippen MR) is 99.0 cm³/mol. The fraction of sp³-hybridized carbons (Fsp3) is 0.0952. The number of phenols is 1. The van der Waals surface area contributed by atoms with Crippen LogP contribution < -0.4 is 5.73 Å². The van der Waals surface area contributed by atoms with Gasteiger partial charge in [-0.3, -0.25) is 0 Å². The van der Waals surface area contributed by atoms with E-state index in [4.69, 9.17) is 5.73 Å². The Morgan fingerprint density at radius 3 is 2.33 bits per heavy atom. The normalized spacial score (nSPS) is 10.2. The van der Waals surface area contributed by atoms with Gasteiger partial charge < -0.3 is 10.8 Å². The van der Waals surface area contributed by atoms with E-state index in [1.165, 1.54) is 24.3 Å². The number of phenolic OH excluding ortho intramolecular Hbond substituents is 1. The average molecular weight is 358 g/mol. The zero-order valence-corrected chi connectivity index (χ0v) is 14.3. The molecule has 0 saturated heterocycles. The van der Waals surface area contributed by atoms with Gasteiger partial charge in [0.2, 0.25) is 0 Å². The van der Waals surface area contributed by atoms with Crippen molar-refractivity contribution in [2.75, 3.05) is 5.73 Å². The third-order valence-electron chi connectivity index (χ3n) is 4.22. The molecule has 3 aromatic rings. The van der Waals surface area contributed by atoms with Crippen molar-refractivity contribution in [3.63, 3.8) is 0 Å². The number of nitriles is 2. The predicted octanol–water partition coefficient (Wildman–Crippen LogP) is 3.70. The van der Waals surface area contributed by atoms with E-state index in [-0.39, 0.29) is 28.5 Å². The number of aryl methyl sites for hydroxylation is 2. The van der Waals surface area contributed by atoms with Crippen LogP contribution >= 0.6 is 0 Å². The van der Waals surface area contributed by atoms with Gasteiger partial charge in [0, 0.05) is 5.56 Å². The number of halogens is 1. The highest BCUT2D eigenvalue weighted by Gasteiger charge is 2.20. The lowest BCUT2D eigenvalue weighted by molar-refractivity contribution is 0.475. The van der Waals surface area contributed by atoms with Crippen LogP contribution in [0.3, 0.4) is 0 Å². The van der Waals surface area contributed by atoms with Crippen LogP contribution in [0.4, 0.5) is 10.2 Å².